The zero-order valence-corrected chi connectivity index (χ0v) is 34.8. The lowest BCUT2D eigenvalue weighted by molar-refractivity contribution is -0.657. The third kappa shape index (κ3) is 8.26. The first-order valence-corrected chi connectivity index (χ1v) is 19.8. The minimum absolute atomic E-state index is 0.00932. The molecule has 0 saturated heterocycles. The van der Waals surface area contributed by atoms with Crippen molar-refractivity contribution in [1.29, 1.82) is 0 Å². The van der Waals surface area contributed by atoms with Gasteiger partial charge in [-0.3, -0.25) is 9.59 Å². The van der Waals surface area contributed by atoms with Crippen molar-refractivity contribution in [2.75, 3.05) is 0 Å². The Balaban J connectivity index is 0.000000238. The lowest BCUT2D eigenvalue weighted by Crippen LogP contribution is -2.81. The number of Topliss-reactive ketones (excluding diaryl/α,β-unsaturated/α-hetero) is 1. The quantitative estimate of drug-likeness (QED) is 0.0361. The van der Waals surface area contributed by atoms with E-state index >= 15 is 35.1 Å². The molecule has 72 heavy (non-hydrogen) atoms. The van der Waals surface area contributed by atoms with E-state index in [1.807, 2.05) is 65.4 Å². The first-order chi connectivity index (χ1) is 33.9. The molecule has 0 unspecified atom stereocenters. The van der Waals surface area contributed by atoms with E-state index in [2.05, 4.69) is 0 Å². The van der Waals surface area contributed by atoms with Gasteiger partial charge in [-0.25, -0.2) is 87.8 Å². The largest absolute Gasteiger partial charge is 0.289 e. The Morgan fingerprint density at radius 2 is 0.597 bits per heavy atom. The standard InChI is InChI=1S/C24BF20.C24H18NO2/c26-5-1(6(27)14(35)21(42)13(5)34)25(2-7(28)15(36)22(43)16(37)8(2)29,3-9(30)17(38)23(44)18(39)10(3)31)4-11(32)19(40)24(45)20(41)12(4)33;26-23(17-25-16-6-10-18-7-4-5-11-22(18)25)19-12-14-21(15-13-19)24(27)20-8-2-1-3-9-20/h;1-16H,17H2/q-1;+1. The second-order valence-electron chi connectivity index (χ2n) is 15.2. The molecule has 8 aromatic rings. The van der Waals surface area contributed by atoms with Gasteiger partial charge in [-0.05, 0) is 12.1 Å². The Bertz CT molecular complexity index is 3150. The summed E-state index contributed by atoms with van der Waals surface area (Å²) < 4.78 is 296. The number of fused-ring (bicyclic) bond motifs is 1. The maximum absolute atomic E-state index is 15.4. The van der Waals surface area contributed by atoms with Crippen LogP contribution in [-0.4, -0.2) is 17.7 Å². The topological polar surface area (TPSA) is 38.0 Å². The summed E-state index contributed by atoms with van der Waals surface area (Å²) in [5.74, 6) is -71.4. The lowest BCUT2D eigenvalue weighted by atomic mass is 9.12. The average Bonchev–Trinajstić information content (AvgIpc) is 3.38. The molecule has 3 nitrogen and oxygen atoms in total. The van der Waals surface area contributed by atoms with Crippen LogP contribution in [-0.2, 0) is 6.54 Å². The molecule has 1 heterocycles. The average molecular weight is 1030 g/mol. The highest BCUT2D eigenvalue weighted by Crippen LogP contribution is 2.31. The Labute approximate surface area is 388 Å². The molecule has 0 amide bonds. The third-order valence-electron chi connectivity index (χ3n) is 11.3. The minimum atomic E-state index is -7.22. The second-order valence-corrected chi connectivity index (χ2v) is 15.2. The number of benzene rings is 7. The van der Waals surface area contributed by atoms with E-state index in [0.717, 1.165) is 10.9 Å². The van der Waals surface area contributed by atoms with Gasteiger partial charge in [0.1, 0.15) is 52.7 Å². The maximum atomic E-state index is 15.4. The van der Waals surface area contributed by atoms with Crippen molar-refractivity contribution in [1.82, 2.24) is 0 Å². The Morgan fingerprint density at radius 1 is 0.319 bits per heavy atom. The van der Waals surface area contributed by atoms with E-state index in [1.54, 1.807) is 36.4 Å². The molecular weight excluding hydrogens is 1010 g/mol. The van der Waals surface area contributed by atoms with Gasteiger partial charge in [0.25, 0.3) is 0 Å². The van der Waals surface area contributed by atoms with Crippen LogP contribution in [0.5, 0.6) is 0 Å². The summed E-state index contributed by atoms with van der Waals surface area (Å²) in [7, 11) is 0. The van der Waals surface area contributed by atoms with Gasteiger partial charge >= 0.3 is 0 Å². The summed E-state index contributed by atoms with van der Waals surface area (Å²) in [6.45, 7) is 0.257. The molecule has 1 aromatic heterocycles. The minimum Gasteiger partial charge on any atom is -0.289 e. The summed E-state index contributed by atoms with van der Waals surface area (Å²) in [4.78, 5) is 25.2. The fourth-order valence-corrected chi connectivity index (χ4v) is 8.04. The molecule has 24 heteroatoms. The Morgan fingerprint density at radius 3 is 0.958 bits per heavy atom. The van der Waals surface area contributed by atoms with Crippen LogP contribution < -0.4 is 26.4 Å². The summed E-state index contributed by atoms with van der Waals surface area (Å²) >= 11 is 0. The number of rotatable bonds is 9. The van der Waals surface area contributed by atoms with Crippen LogP contribution in [0.4, 0.5) is 87.8 Å². The van der Waals surface area contributed by atoms with Crippen LogP contribution in [0.3, 0.4) is 0 Å². The monoisotopic (exact) mass is 1030 g/mol. The SMILES string of the molecule is Fc1c(F)c(F)c([B-](c2c(F)c(F)c(F)c(F)c2F)(c2c(F)c(F)c(F)c(F)c2F)c2c(F)c(F)c(F)c(F)c2F)c(F)c1F.O=C(C[n+]1cccc2ccccc21)c1ccc(C(=O)c2ccccc2)cc1. The van der Waals surface area contributed by atoms with Crippen LogP contribution in [0.15, 0.2) is 97.2 Å². The maximum Gasteiger partial charge on any atom is 0.227 e. The first-order valence-electron chi connectivity index (χ1n) is 19.8. The molecule has 0 saturated carbocycles. The molecule has 0 atom stereocenters. The number of carbonyl (C=O) groups is 2. The smallest absolute Gasteiger partial charge is 0.227 e. The molecule has 0 aliphatic rings. The highest BCUT2D eigenvalue weighted by Gasteiger charge is 2.52. The number of nitrogens with zero attached hydrogens (tertiary/aromatic N) is 1. The van der Waals surface area contributed by atoms with Gasteiger partial charge in [-0.2, -0.15) is 4.57 Å². The number of pyridine rings is 1. The van der Waals surface area contributed by atoms with Gasteiger partial charge < -0.3 is 0 Å². The van der Waals surface area contributed by atoms with Crippen LogP contribution in [0, 0.1) is 116 Å². The van der Waals surface area contributed by atoms with Crippen molar-refractivity contribution in [3.8, 4) is 0 Å². The number of halogens is 20. The van der Waals surface area contributed by atoms with Crippen LogP contribution in [0.2, 0.25) is 0 Å². The van der Waals surface area contributed by atoms with Gasteiger partial charge in [-0.1, -0.05) is 66.7 Å². The number of para-hydroxylation sites is 1. The molecule has 0 aliphatic heterocycles. The van der Waals surface area contributed by atoms with Crippen molar-refractivity contribution in [3.63, 3.8) is 0 Å². The van der Waals surface area contributed by atoms with Gasteiger partial charge in [0.05, 0.1) is 0 Å². The second kappa shape index (κ2) is 19.6. The van der Waals surface area contributed by atoms with Crippen molar-refractivity contribution in [3.05, 3.63) is 230 Å². The van der Waals surface area contributed by atoms with Crippen molar-refractivity contribution in [2.24, 2.45) is 0 Å². The van der Waals surface area contributed by atoms with Gasteiger partial charge in [0, 0.05) is 34.2 Å². The molecule has 0 fully saturated rings. The number of hydrogen-bond donors (Lipinski definition) is 0. The fourth-order valence-electron chi connectivity index (χ4n) is 8.04. The van der Waals surface area contributed by atoms with Gasteiger partial charge in [0.2, 0.25) is 17.8 Å². The summed E-state index contributed by atoms with van der Waals surface area (Å²) in [6.07, 6.45) is -5.31. The molecule has 370 valence electrons. The van der Waals surface area contributed by atoms with E-state index in [0.29, 0.717) is 16.7 Å². The molecule has 0 radical (unpaired) electrons. The Hall–Kier alpha value is -8.05. The van der Waals surface area contributed by atoms with E-state index in [-0.39, 0.29) is 18.1 Å². The van der Waals surface area contributed by atoms with E-state index in [1.165, 1.54) is 0 Å². The number of aromatic nitrogens is 1. The molecule has 0 bridgehead atoms. The van der Waals surface area contributed by atoms with Gasteiger partial charge in [0.15, 0.2) is 81.8 Å². The first kappa shape index (κ1) is 51.8. The zero-order valence-electron chi connectivity index (χ0n) is 34.8. The van der Waals surface area contributed by atoms with Gasteiger partial charge in [-0.15, -0.1) is 21.9 Å². The predicted octanol–water partition coefficient (Wildman–Crippen LogP) is 10.1. The normalized spacial score (nSPS) is 11.5. The Kier molecular flexibility index (Phi) is 14.1. The van der Waals surface area contributed by atoms with Crippen molar-refractivity contribution < 1.29 is 102 Å². The van der Waals surface area contributed by atoms with E-state index in [9.17, 15) is 62.3 Å². The van der Waals surface area contributed by atoms with Crippen molar-refractivity contribution in [2.45, 2.75) is 6.54 Å². The molecule has 0 N–H and O–H groups in total. The van der Waals surface area contributed by atoms with E-state index in [4.69, 9.17) is 0 Å². The zero-order chi connectivity index (χ0) is 53.0. The highest BCUT2D eigenvalue weighted by molar-refractivity contribution is 7.20. The highest BCUT2D eigenvalue weighted by atomic mass is 19.2. The fraction of sp³-hybridized carbons (Fsp3) is 0.0208. The molecule has 8 rings (SSSR count). The molecule has 0 spiro atoms. The van der Waals surface area contributed by atoms with Crippen LogP contribution in [0.1, 0.15) is 26.3 Å². The summed E-state index contributed by atoms with van der Waals surface area (Å²) in [5.41, 5.74) is -11.5. The predicted molar refractivity (Wildman–Crippen MR) is 214 cm³/mol. The molecule has 7 aromatic carbocycles. The van der Waals surface area contributed by atoms with Crippen LogP contribution >= 0.6 is 0 Å². The number of hydrogen-bond acceptors (Lipinski definition) is 2. The van der Waals surface area contributed by atoms with Crippen LogP contribution in [0.25, 0.3) is 10.9 Å². The number of ketones is 2. The molecular formula is C48H18BF20NO2. The summed E-state index contributed by atoms with van der Waals surface area (Å²) in [5, 5.41) is 1.09. The molecule has 0 aliphatic carbocycles. The third-order valence-corrected chi connectivity index (χ3v) is 11.3. The van der Waals surface area contributed by atoms with Crippen molar-refractivity contribution >= 4 is 50.5 Å². The van der Waals surface area contributed by atoms with E-state index < -0.39 is 144 Å². The summed E-state index contributed by atoms with van der Waals surface area (Å²) in [6, 6.07) is 28.0. The lowest BCUT2D eigenvalue weighted by Gasteiger charge is -2.44. The number of carbonyl (C=O) groups excluding carboxylic acids is 2.